The number of aromatic nitrogens is 1. The van der Waals surface area contributed by atoms with Gasteiger partial charge in [0.25, 0.3) is 11.8 Å². The van der Waals surface area contributed by atoms with E-state index in [1.165, 1.54) is 25.9 Å². The van der Waals surface area contributed by atoms with Crippen LogP contribution < -0.4 is 5.32 Å². The van der Waals surface area contributed by atoms with Crippen molar-refractivity contribution in [2.45, 2.75) is 38.3 Å². The van der Waals surface area contributed by atoms with Crippen LogP contribution in [0.3, 0.4) is 0 Å². The van der Waals surface area contributed by atoms with Crippen LogP contribution in [0.1, 0.15) is 43.1 Å². The number of H-pyrrole nitrogens is 1. The van der Waals surface area contributed by atoms with Crippen molar-refractivity contribution < 1.29 is 9.59 Å². The monoisotopic (exact) mass is 473 g/mol. The summed E-state index contributed by atoms with van der Waals surface area (Å²) >= 11 is 6.08. The number of halogens is 1. The number of nitrogens with zero attached hydrogens (tertiary/aromatic N) is 3. The molecule has 7 nitrogen and oxygen atoms in total. The molecule has 1 atom stereocenters. The van der Waals surface area contributed by atoms with Gasteiger partial charge in [0.2, 0.25) is 0 Å². The van der Waals surface area contributed by atoms with E-state index in [-0.39, 0.29) is 11.8 Å². The number of likely N-dealkylation sites (N-methyl/N-ethyl adjacent to an activating group) is 1. The van der Waals surface area contributed by atoms with Gasteiger partial charge >= 0.3 is 0 Å². The van der Waals surface area contributed by atoms with Crippen molar-refractivity contribution in [3.63, 3.8) is 0 Å². The van der Waals surface area contributed by atoms with Gasteiger partial charge in [-0.25, -0.2) is 0 Å². The summed E-state index contributed by atoms with van der Waals surface area (Å²) in [5, 5.41) is 4.47. The zero-order valence-corrected chi connectivity index (χ0v) is 20.9. The van der Waals surface area contributed by atoms with Gasteiger partial charge in [-0.05, 0) is 103 Å². The quantitative estimate of drug-likeness (QED) is 0.653. The first-order chi connectivity index (χ1) is 15.7. The van der Waals surface area contributed by atoms with E-state index in [2.05, 4.69) is 22.2 Å². The Hall–Kier alpha value is -2.09. The zero-order valence-electron chi connectivity index (χ0n) is 20.2. The normalized spacial score (nSPS) is 20.8. The maximum absolute atomic E-state index is 13.6. The molecule has 0 saturated carbocycles. The third-order valence-electron chi connectivity index (χ3n) is 7.75. The van der Waals surface area contributed by atoms with Crippen LogP contribution in [0.4, 0.5) is 0 Å². The maximum Gasteiger partial charge on any atom is 0.269 e. The molecule has 2 aliphatic rings. The summed E-state index contributed by atoms with van der Waals surface area (Å²) in [5.74, 6) is 1.10. The van der Waals surface area contributed by atoms with Gasteiger partial charge in [-0.1, -0.05) is 11.6 Å². The number of hydrogen-bond donors (Lipinski definition) is 2. The van der Waals surface area contributed by atoms with Crippen molar-refractivity contribution in [2.75, 3.05) is 47.3 Å². The third-order valence-corrected chi connectivity index (χ3v) is 7.99. The van der Waals surface area contributed by atoms with Gasteiger partial charge in [-0.2, -0.15) is 0 Å². The molecule has 0 aliphatic carbocycles. The molecular formula is C25H36ClN5O2. The van der Waals surface area contributed by atoms with E-state index in [1.807, 2.05) is 31.1 Å². The van der Waals surface area contributed by atoms with Crippen LogP contribution >= 0.6 is 11.6 Å². The Morgan fingerprint density at radius 2 is 1.67 bits per heavy atom. The lowest BCUT2D eigenvalue weighted by atomic mass is 9.78. The molecule has 2 aliphatic heterocycles. The van der Waals surface area contributed by atoms with Crippen molar-refractivity contribution in [1.82, 2.24) is 25.0 Å². The predicted octanol–water partition coefficient (Wildman–Crippen LogP) is 3.41. The standard InChI is InChI=1S/C25H36ClN5O2/c1-25(29(2)3,28-23(32)22-16-19-15-20(26)5-6-21(19)27-22)24(33)31-13-9-18(10-14-31)17-7-11-30(4)12-8-17/h5-6,15-18,27H,7-14H2,1-4H3,(H,28,32)/t25-/m0/s1. The van der Waals surface area contributed by atoms with Gasteiger partial charge in [0.1, 0.15) is 5.69 Å². The average molecular weight is 474 g/mol. The lowest BCUT2D eigenvalue weighted by Gasteiger charge is -2.43. The molecule has 8 heteroatoms. The second-order valence-electron chi connectivity index (χ2n) is 10.1. The summed E-state index contributed by atoms with van der Waals surface area (Å²) in [6, 6.07) is 7.21. The van der Waals surface area contributed by atoms with Gasteiger partial charge in [-0.3, -0.25) is 14.5 Å². The summed E-state index contributed by atoms with van der Waals surface area (Å²) < 4.78 is 0. The fraction of sp³-hybridized carbons (Fsp3) is 0.600. The molecule has 3 heterocycles. The predicted molar refractivity (Wildman–Crippen MR) is 132 cm³/mol. The van der Waals surface area contributed by atoms with Gasteiger partial charge < -0.3 is 20.1 Å². The molecular weight excluding hydrogens is 438 g/mol. The first-order valence-electron chi connectivity index (χ1n) is 11.9. The second-order valence-corrected chi connectivity index (χ2v) is 10.5. The van der Waals surface area contributed by atoms with E-state index in [0.29, 0.717) is 16.6 Å². The van der Waals surface area contributed by atoms with E-state index in [1.54, 1.807) is 24.0 Å². The highest BCUT2D eigenvalue weighted by Crippen LogP contribution is 2.33. The Labute approximate surface area is 201 Å². The minimum absolute atomic E-state index is 0.0539. The molecule has 2 saturated heterocycles. The van der Waals surface area contributed by atoms with Crippen LogP contribution in [0.5, 0.6) is 0 Å². The van der Waals surface area contributed by atoms with Crippen molar-refractivity contribution >= 4 is 34.3 Å². The molecule has 33 heavy (non-hydrogen) atoms. The van der Waals surface area contributed by atoms with Crippen molar-refractivity contribution in [3.8, 4) is 0 Å². The Bertz CT molecular complexity index is 1010. The van der Waals surface area contributed by atoms with Gasteiger partial charge in [-0.15, -0.1) is 0 Å². The topological polar surface area (TPSA) is 71.7 Å². The number of aromatic amines is 1. The van der Waals surface area contributed by atoms with Crippen LogP contribution in [0, 0.1) is 11.8 Å². The second kappa shape index (κ2) is 9.65. The molecule has 2 fully saturated rings. The van der Waals surface area contributed by atoms with Crippen LogP contribution in [0.25, 0.3) is 10.9 Å². The lowest BCUT2D eigenvalue weighted by molar-refractivity contribution is -0.145. The number of rotatable bonds is 5. The Balaban J connectivity index is 1.42. The minimum atomic E-state index is -1.13. The lowest BCUT2D eigenvalue weighted by Crippen LogP contribution is -2.66. The molecule has 0 unspecified atom stereocenters. The summed E-state index contributed by atoms with van der Waals surface area (Å²) in [7, 11) is 5.85. The first kappa shape index (κ1) is 24.0. The third kappa shape index (κ3) is 5.05. The molecule has 0 radical (unpaired) electrons. The fourth-order valence-electron chi connectivity index (χ4n) is 5.25. The highest BCUT2D eigenvalue weighted by Gasteiger charge is 2.42. The number of carbonyl (C=O) groups is 2. The highest BCUT2D eigenvalue weighted by atomic mass is 35.5. The number of hydrogen-bond acceptors (Lipinski definition) is 4. The molecule has 0 bridgehead atoms. The molecule has 4 rings (SSSR count). The zero-order chi connectivity index (χ0) is 23.8. The van der Waals surface area contributed by atoms with Crippen LogP contribution in [0.15, 0.2) is 24.3 Å². The van der Waals surface area contributed by atoms with E-state index in [4.69, 9.17) is 11.6 Å². The van der Waals surface area contributed by atoms with E-state index in [0.717, 1.165) is 42.8 Å². The number of likely N-dealkylation sites (tertiary alicyclic amines) is 2. The van der Waals surface area contributed by atoms with Gasteiger partial charge in [0.15, 0.2) is 5.66 Å². The highest BCUT2D eigenvalue weighted by molar-refractivity contribution is 6.31. The SMILES string of the molecule is CN1CCC(C2CCN(C(=O)[C@@](C)(NC(=O)c3cc4cc(Cl)ccc4[nH]3)N(C)C)CC2)CC1. The fourth-order valence-corrected chi connectivity index (χ4v) is 5.43. The number of benzene rings is 1. The molecule has 1 aromatic heterocycles. The van der Waals surface area contributed by atoms with Crippen molar-refractivity contribution in [3.05, 3.63) is 35.0 Å². The number of nitrogens with one attached hydrogen (secondary N) is 2. The number of amides is 2. The molecule has 1 aromatic carbocycles. The van der Waals surface area contributed by atoms with E-state index < -0.39 is 5.66 Å². The Morgan fingerprint density at radius 1 is 1.06 bits per heavy atom. The molecule has 2 amide bonds. The van der Waals surface area contributed by atoms with E-state index >= 15 is 0 Å². The molecule has 0 spiro atoms. The smallest absolute Gasteiger partial charge is 0.269 e. The van der Waals surface area contributed by atoms with Gasteiger partial charge in [0, 0.05) is 29.0 Å². The van der Waals surface area contributed by atoms with Gasteiger partial charge in [0.05, 0.1) is 0 Å². The Morgan fingerprint density at radius 3 is 2.27 bits per heavy atom. The number of piperidine rings is 2. The van der Waals surface area contributed by atoms with Crippen molar-refractivity contribution in [2.24, 2.45) is 11.8 Å². The van der Waals surface area contributed by atoms with Crippen molar-refractivity contribution in [1.29, 1.82) is 0 Å². The van der Waals surface area contributed by atoms with Crippen LogP contribution in [-0.2, 0) is 4.79 Å². The van der Waals surface area contributed by atoms with Crippen LogP contribution in [-0.4, -0.2) is 84.5 Å². The number of fused-ring (bicyclic) bond motifs is 1. The molecule has 2 aromatic rings. The first-order valence-corrected chi connectivity index (χ1v) is 12.3. The molecule has 2 N–H and O–H groups in total. The number of carbonyl (C=O) groups excluding carboxylic acids is 2. The van der Waals surface area contributed by atoms with E-state index in [9.17, 15) is 9.59 Å². The minimum Gasteiger partial charge on any atom is -0.351 e. The summed E-state index contributed by atoms with van der Waals surface area (Å²) in [6.07, 6.45) is 4.60. The maximum atomic E-state index is 13.6. The summed E-state index contributed by atoms with van der Waals surface area (Å²) in [4.78, 5) is 36.0. The average Bonchev–Trinajstić information content (AvgIpc) is 3.22. The molecule has 180 valence electrons. The Kier molecular flexibility index (Phi) is 7.03. The largest absolute Gasteiger partial charge is 0.351 e. The van der Waals surface area contributed by atoms with Crippen LogP contribution in [0.2, 0.25) is 5.02 Å². The summed E-state index contributed by atoms with van der Waals surface area (Å²) in [5.41, 5.74) is 0.111. The summed E-state index contributed by atoms with van der Waals surface area (Å²) in [6.45, 7) is 5.64.